The Morgan fingerprint density at radius 2 is 1.84 bits per heavy atom. The summed E-state index contributed by atoms with van der Waals surface area (Å²) in [7, 11) is 0. The number of amides is 1. The predicted octanol–water partition coefficient (Wildman–Crippen LogP) is 3.90. The highest BCUT2D eigenvalue weighted by molar-refractivity contribution is 7.15. The fourth-order valence-corrected chi connectivity index (χ4v) is 6.35. The normalized spacial score (nSPS) is 21.1. The second-order valence-electron chi connectivity index (χ2n) is 8.64. The lowest BCUT2D eigenvalue weighted by atomic mass is 9.81. The lowest BCUT2D eigenvalue weighted by Crippen LogP contribution is -2.57. The number of carbonyl (C=O) groups excluding carboxylic acids is 1. The van der Waals surface area contributed by atoms with Crippen molar-refractivity contribution in [2.24, 2.45) is 5.73 Å². The molecule has 0 bridgehead atoms. The van der Waals surface area contributed by atoms with Gasteiger partial charge in [0.25, 0.3) is 0 Å². The number of nitrogens with zero attached hydrogens (tertiary/aromatic N) is 2. The van der Waals surface area contributed by atoms with Crippen LogP contribution in [0.4, 0.5) is 5.82 Å². The van der Waals surface area contributed by atoms with E-state index in [1.54, 1.807) is 11.3 Å². The Balaban J connectivity index is 0.00000136. The molecule has 2 aliphatic heterocycles. The van der Waals surface area contributed by atoms with Crippen LogP contribution in [0.25, 0.3) is 10.6 Å². The summed E-state index contributed by atoms with van der Waals surface area (Å²) < 4.78 is 6.38. The largest absolute Gasteiger partial charge is 0.384 e. The van der Waals surface area contributed by atoms with E-state index < -0.39 is 5.54 Å². The second-order valence-corrected chi connectivity index (χ2v) is 9.78. The van der Waals surface area contributed by atoms with E-state index in [2.05, 4.69) is 11.1 Å². The minimum absolute atomic E-state index is 0. The number of ether oxygens (including phenoxy) is 1. The van der Waals surface area contributed by atoms with Gasteiger partial charge in [-0.3, -0.25) is 4.79 Å². The quantitative estimate of drug-likeness (QED) is 0.673. The minimum Gasteiger partial charge on any atom is -0.384 e. The van der Waals surface area contributed by atoms with Crippen LogP contribution in [0, 0.1) is 0 Å². The third kappa shape index (κ3) is 4.31. The van der Waals surface area contributed by atoms with E-state index in [9.17, 15) is 4.79 Å². The molecule has 0 atom stereocenters. The zero-order valence-electron chi connectivity index (χ0n) is 17.5. The van der Waals surface area contributed by atoms with Crippen molar-refractivity contribution in [3.05, 3.63) is 34.7 Å². The summed E-state index contributed by atoms with van der Waals surface area (Å²) in [6.45, 7) is 2.14. The Morgan fingerprint density at radius 1 is 1.13 bits per heavy atom. The molecule has 1 spiro atoms. The van der Waals surface area contributed by atoms with E-state index in [1.807, 2.05) is 23.1 Å². The van der Waals surface area contributed by atoms with Crippen molar-refractivity contribution in [3.8, 4) is 10.6 Å². The molecular weight excluding hydrogens is 455 g/mol. The Labute approximate surface area is 199 Å². The summed E-state index contributed by atoms with van der Waals surface area (Å²) in [6, 6.07) is 7.99. The Morgan fingerprint density at radius 3 is 2.52 bits per heavy atom. The molecule has 31 heavy (non-hydrogen) atoms. The molecule has 1 amide bonds. The number of halogens is 2. The molecule has 0 unspecified atom stereocenters. The highest BCUT2D eigenvalue weighted by Crippen LogP contribution is 2.47. The van der Waals surface area contributed by atoms with Crippen LogP contribution in [-0.2, 0) is 21.6 Å². The number of fused-ring (bicyclic) bond motifs is 2. The van der Waals surface area contributed by atoms with Crippen molar-refractivity contribution in [2.45, 2.75) is 56.1 Å². The van der Waals surface area contributed by atoms with Gasteiger partial charge in [-0.15, -0.1) is 36.2 Å². The molecule has 1 aliphatic carbocycles. The maximum absolute atomic E-state index is 13.0. The summed E-state index contributed by atoms with van der Waals surface area (Å²) >= 11 is 1.79. The number of aromatic nitrogens is 1. The number of pyridine rings is 1. The van der Waals surface area contributed by atoms with E-state index in [4.69, 9.17) is 16.2 Å². The molecule has 3 aliphatic rings. The molecule has 2 fully saturated rings. The molecule has 0 aromatic carbocycles. The summed E-state index contributed by atoms with van der Waals surface area (Å²) in [5.41, 5.74) is 13.6. The Bertz CT molecular complexity index is 937. The number of anilines is 1. The van der Waals surface area contributed by atoms with Crippen LogP contribution < -0.4 is 11.5 Å². The van der Waals surface area contributed by atoms with Crippen LogP contribution in [0.3, 0.4) is 0 Å². The maximum atomic E-state index is 13.0. The number of rotatable bonds is 2. The van der Waals surface area contributed by atoms with Crippen molar-refractivity contribution in [1.82, 2.24) is 9.88 Å². The Kier molecular flexibility index (Phi) is 7.23. The van der Waals surface area contributed by atoms with Gasteiger partial charge in [-0.2, -0.15) is 0 Å². The summed E-state index contributed by atoms with van der Waals surface area (Å²) in [5.74, 6) is 0.671. The average Bonchev–Trinajstić information content (AvgIpc) is 3.36. The highest BCUT2D eigenvalue weighted by atomic mass is 35.5. The van der Waals surface area contributed by atoms with Gasteiger partial charge in [0, 0.05) is 24.4 Å². The highest BCUT2D eigenvalue weighted by Gasteiger charge is 2.46. The van der Waals surface area contributed by atoms with Crippen molar-refractivity contribution in [1.29, 1.82) is 0 Å². The summed E-state index contributed by atoms with van der Waals surface area (Å²) in [5, 5.41) is 0. The first-order chi connectivity index (χ1) is 14.0. The van der Waals surface area contributed by atoms with Gasteiger partial charge in [0.1, 0.15) is 5.82 Å². The van der Waals surface area contributed by atoms with Crippen LogP contribution in [-0.4, -0.2) is 41.0 Å². The number of carbonyl (C=O) groups is 1. The van der Waals surface area contributed by atoms with Crippen LogP contribution >= 0.6 is 36.2 Å². The molecule has 0 radical (unpaired) electrons. The SMILES string of the molecule is Cl.Cl.Nc1cccc(-c2cc3c(s2)CCOC32CCN(C(=O)C3(N)CCCC3)CC2)n1. The molecule has 170 valence electrons. The van der Waals surface area contributed by atoms with Gasteiger partial charge < -0.3 is 21.1 Å². The average molecular weight is 485 g/mol. The van der Waals surface area contributed by atoms with Crippen molar-refractivity contribution >= 4 is 47.9 Å². The zero-order valence-corrected chi connectivity index (χ0v) is 19.9. The third-order valence-electron chi connectivity index (χ3n) is 6.81. The predicted molar refractivity (Wildman–Crippen MR) is 129 cm³/mol. The molecule has 4 N–H and O–H groups in total. The van der Waals surface area contributed by atoms with Crippen LogP contribution in [0.1, 0.15) is 49.0 Å². The first-order valence-electron chi connectivity index (χ1n) is 10.6. The van der Waals surface area contributed by atoms with Gasteiger partial charge in [-0.25, -0.2) is 4.98 Å². The number of piperidine rings is 1. The minimum atomic E-state index is -0.641. The molecule has 2 aromatic heterocycles. The van der Waals surface area contributed by atoms with E-state index in [0.717, 1.165) is 62.1 Å². The van der Waals surface area contributed by atoms with Crippen molar-refractivity contribution in [3.63, 3.8) is 0 Å². The number of nitrogen functional groups attached to an aromatic ring is 1. The maximum Gasteiger partial charge on any atom is 0.242 e. The lowest BCUT2D eigenvalue weighted by Gasteiger charge is -2.45. The standard InChI is InChI=1S/C22H28N4O2S.2ClH/c23-19-5-3-4-16(25-19)18-14-15-17(29-18)6-13-28-22(15)9-11-26(12-10-22)20(27)21(24)7-1-2-8-21;;/h3-5,14H,1-2,6-13,24H2,(H2,23,25);2*1H. The summed E-state index contributed by atoms with van der Waals surface area (Å²) in [4.78, 5) is 22.0. The zero-order chi connectivity index (χ0) is 20.1. The fraction of sp³-hybridized carbons (Fsp3) is 0.545. The topological polar surface area (TPSA) is 94.5 Å². The number of likely N-dealkylation sites (tertiary alicyclic amines) is 1. The van der Waals surface area contributed by atoms with Gasteiger partial charge in [-0.1, -0.05) is 18.9 Å². The monoisotopic (exact) mass is 484 g/mol. The smallest absolute Gasteiger partial charge is 0.242 e. The van der Waals surface area contributed by atoms with Gasteiger partial charge in [0.15, 0.2) is 0 Å². The van der Waals surface area contributed by atoms with Crippen molar-refractivity contribution < 1.29 is 9.53 Å². The van der Waals surface area contributed by atoms with E-state index >= 15 is 0 Å². The number of hydrogen-bond acceptors (Lipinski definition) is 6. The van der Waals surface area contributed by atoms with Crippen molar-refractivity contribution in [2.75, 3.05) is 25.4 Å². The molecule has 2 aromatic rings. The molecule has 5 rings (SSSR count). The first kappa shape index (κ1) is 24.3. The molecule has 6 nitrogen and oxygen atoms in total. The van der Waals surface area contributed by atoms with E-state index in [-0.39, 0.29) is 36.3 Å². The third-order valence-corrected chi connectivity index (χ3v) is 8.03. The molecule has 4 heterocycles. The number of thiophene rings is 1. The van der Waals surface area contributed by atoms with Gasteiger partial charge in [-0.05, 0) is 49.4 Å². The van der Waals surface area contributed by atoms with E-state index in [0.29, 0.717) is 18.9 Å². The second kappa shape index (κ2) is 9.24. The molecule has 1 saturated carbocycles. The van der Waals surface area contributed by atoms with Crippen LogP contribution in [0.5, 0.6) is 0 Å². The van der Waals surface area contributed by atoms with Crippen LogP contribution in [0.15, 0.2) is 24.3 Å². The first-order valence-corrected chi connectivity index (χ1v) is 11.4. The Hall–Kier alpha value is -1.38. The fourth-order valence-electron chi connectivity index (χ4n) is 5.15. The lowest BCUT2D eigenvalue weighted by molar-refractivity contribution is -0.145. The van der Waals surface area contributed by atoms with Crippen LogP contribution in [0.2, 0.25) is 0 Å². The molecule has 9 heteroatoms. The van der Waals surface area contributed by atoms with Gasteiger partial charge in [0.05, 0.1) is 28.3 Å². The number of hydrogen-bond donors (Lipinski definition) is 2. The molecular formula is C22H30Cl2N4O2S. The number of nitrogens with two attached hydrogens (primary N) is 2. The summed E-state index contributed by atoms with van der Waals surface area (Å²) in [6.07, 6.45) is 6.32. The molecule has 1 saturated heterocycles. The van der Waals surface area contributed by atoms with E-state index in [1.165, 1.54) is 10.4 Å². The van der Waals surface area contributed by atoms with Gasteiger partial charge in [0.2, 0.25) is 5.91 Å². The van der Waals surface area contributed by atoms with Gasteiger partial charge >= 0.3 is 0 Å².